The first-order valence-corrected chi connectivity index (χ1v) is 9.67. The van der Waals surface area contributed by atoms with Crippen molar-refractivity contribution >= 4 is 17.1 Å². The van der Waals surface area contributed by atoms with E-state index in [1.54, 1.807) is 6.33 Å². The molecule has 2 atom stereocenters. The van der Waals surface area contributed by atoms with Crippen molar-refractivity contribution in [1.82, 2.24) is 19.5 Å². The summed E-state index contributed by atoms with van der Waals surface area (Å²) >= 11 is 0. The summed E-state index contributed by atoms with van der Waals surface area (Å²) in [6, 6.07) is 18.5. The molecule has 0 fully saturated rings. The average molecular weight is 384 g/mol. The van der Waals surface area contributed by atoms with Gasteiger partial charge in [-0.05, 0) is 17.5 Å². The Balaban J connectivity index is 1.57. The Labute approximate surface area is 168 Å². The molecule has 4 aromatic rings. The molecule has 29 heavy (non-hydrogen) atoms. The molecule has 0 saturated carbocycles. The number of hydrogen-bond donors (Lipinski definition) is 0. The third-order valence-corrected chi connectivity index (χ3v) is 5.53. The van der Waals surface area contributed by atoms with Crippen molar-refractivity contribution in [3.8, 4) is 11.3 Å². The third-order valence-electron chi connectivity index (χ3n) is 5.53. The van der Waals surface area contributed by atoms with Crippen LogP contribution in [0.25, 0.3) is 22.4 Å². The van der Waals surface area contributed by atoms with E-state index in [0.29, 0.717) is 6.61 Å². The number of carbonyl (C=O) groups is 1. The van der Waals surface area contributed by atoms with Gasteiger partial charge in [0.25, 0.3) is 0 Å². The molecule has 0 unspecified atom stereocenters. The summed E-state index contributed by atoms with van der Waals surface area (Å²) in [6.45, 7) is 1.84. The Morgan fingerprint density at radius 3 is 2.59 bits per heavy atom. The van der Waals surface area contributed by atoms with Gasteiger partial charge in [0.1, 0.15) is 17.5 Å². The monoisotopic (exact) mass is 384 g/mol. The maximum Gasteiger partial charge on any atom is 0.302 e. The average Bonchev–Trinajstić information content (AvgIpc) is 3.34. The van der Waals surface area contributed by atoms with Crippen molar-refractivity contribution in [2.24, 2.45) is 0 Å². The Kier molecular flexibility index (Phi) is 4.31. The first kappa shape index (κ1) is 17.6. The van der Waals surface area contributed by atoms with Crippen molar-refractivity contribution in [3.05, 3.63) is 78.4 Å². The summed E-state index contributed by atoms with van der Waals surface area (Å²) < 4.78 is 7.44. The van der Waals surface area contributed by atoms with E-state index < -0.39 is 0 Å². The predicted molar refractivity (Wildman–Crippen MR) is 109 cm³/mol. The minimum absolute atomic E-state index is 0.0929. The Morgan fingerprint density at radius 2 is 1.79 bits per heavy atom. The Hall–Kier alpha value is -3.54. The fourth-order valence-corrected chi connectivity index (χ4v) is 4.24. The lowest BCUT2D eigenvalue weighted by molar-refractivity contribution is -0.141. The quantitative estimate of drug-likeness (QED) is 0.495. The van der Waals surface area contributed by atoms with Gasteiger partial charge in [-0.3, -0.25) is 4.79 Å². The van der Waals surface area contributed by atoms with Crippen molar-refractivity contribution in [2.45, 2.75) is 25.3 Å². The van der Waals surface area contributed by atoms with Crippen LogP contribution in [0.3, 0.4) is 0 Å². The molecule has 2 aromatic heterocycles. The van der Waals surface area contributed by atoms with Crippen LogP contribution in [0.4, 0.5) is 0 Å². The lowest BCUT2D eigenvalue weighted by Gasteiger charge is -2.15. The van der Waals surface area contributed by atoms with Gasteiger partial charge in [0.15, 0.2) is 5.65 Å². The molecule has 144 valence electrons. The summed E-state index contributed by atoms with van der Waals surface area (Å²) in [6.07, 6.45) is 4.28. The molecule has 0 N–H and O–H groups in total. The molecule has 6 heteroatoms. The highest BCUT2D eigenvalue weighted by atomic mass is 16.5. The van der Waals surface area contributed by atoms with Crippen LogP contribution in [-0.2, 0) is 9.53 Å². The number of imidazole rings is 1. The van der Waals surface area contributed by atoms with Crippen LogP contribution >= 0.6 is 0 Å². The molecule has 5 rings (SSSR count). The first-order valence-electron chi connectivity index (χ1n) is 9.67. The maximum atomic E-state index is 11.3. The zero-order valence-electron chi connectivity index (χ0n) is 16.0. The molecule has 6 nitrogen and oxygen atoms in total. The van der Waals surface area contributed by atoms with Crippen molar-refractivity contribution in [2.75, 3.05) is 6.61 Å². The third kappa shape index (κ3) is 3.06. The standard InChI is InChI=1S/C23H20N4O2/c1-15(28)29-12-17-11-20(19-10-6-5-9-18(17)19)27-14-26-22-21(24-13-25-23(22)27)16-7-3-2-4-8-16/h2-10,13-14,17,20H,11-12H2,1H3/t17-,20-/m1/s1. The molecule has 2 heterocycles. The van der Waals surface area contributed by atoms with E-state index in [9.17, 15) is 4.79 Å². The highest BCUT2D eigenvalue weighted by molar-refractivity contribution is 5.87. The van der Waals surface area contributed by atoms with E-state index in [0.717, 1.165) is 28.8 Å². The van der Waals surface area contributed by atoms with Crippen LogP contribution in [0, 0.1) is 0 Å². The number of hydrogen-bond acceptors (Lipinski definition) is 5. The van der Waals surface area contributed by atoms with Gasteiger partial charge in [-0.2, -0.15) is 0 Å². The van der Waals surface area contributed by atoms with E-state index in [1.165, 1.54) is 18.1 Å². The molecule has 0 radical (unpaired) electrons. The van der Waals surface area contributed by atoms with Gasteiger partial charge < -0.3 is 9.30 Å². The van der Waals surface area contributed by atoms with E-state index in [2.05, 4.69) is 31.7 Å². The second-order valence-electron chi connectivity index (χ2n) is 7.29. The van der Waals surface area contributed by atoms with Gasteiger partial charge in [0, 0.05) is 18.4 Å². The van der Waals surface area contributed by atoms with Gasteiger partial charge >= 0.3 is 5.97 Å². The van der Waals surface area contributed by atoms with Crippen molar-refractivity contribution in [1.29, 1.82) is 0 Å². The fourth-order valence-electron chi connectivity index (χ4n) is 4.24. The summed E-state index contributed by atoms with van der Waals surface area (Å²) in [7, 11) is 0. The van der Waals surface area contributed by atoms with Crippen molar-refractivity contribution < 1.29 is 9.53 Å². The number of esters is 1. The maximum absolute atomic E-state index is 11.3. The predicted octanol–water partition coefficient (Wildman–Crippen LogP) is 4.13. The van der Waals surface area contributed by atoms with E-state index >= 15 is 0 Å². The number of aromatic nitrogens is 4. The zero-order valence-corrected chi connectivity index (χ0v) is 16.0. The SMILES string of the molecule is CC(=O)OC[C@H]1C[C@@H](n2cnc3c(-c4ccccc4)ncnc32)c2ccccc21. The van der Waals surface area contributed by atoms with E-state index in [-0.39, 0.29) is 17.9 Å². The molecule has 0 saturated heterocycles. The molecule has 0 bridgehead atoms. The second-order valence-corrected chi connectivity index (χ2v) is 7.29. The molecule has 0 spiro atoms. The molecule has 1 aliphatic carbocycles. The Bertz CT molecular complexity index is 1190. The zero-order chi connectivity index (χ0) is 19.8. The van der Waals surface area contributed by atoms with Crippen LogP contribution in [0.15, 0.2) is 67.3 Å². The molecule has 0 aliphatic heterocycles. The summed E-state index contributed by atoms with van der Waals surface area (Å²) in [5, 5.41) is 0. The molecule has 0 amide bonds. The number of fused-ring (bicyclic) bond motifs is 2. The van der Waals surface area contributed by atoms with Crippen LogP contribution in [0.2, 0.25) is 0 Å². The summed E-state index contributed by atoms with van der Waals surface area (Å²) in [4.78, 5) is 25.0. The van der Waals surface area contributed by atoms with Crippen LogP contribution in [0.5, 0.6) is 0 Å². The molecule has 2 aromatic carbocycles. The number of carbonyl (C=O) groups excluding carboxylic acids is 1. The number of rotatable bonds is 4. The first-order chi connectivity index (χ1) is 14.2. The topological polar surface area (TPSA) is 69.9 Å². The van der Waals surface area contributed by atoms with Crippen LogP contribution in [-0.4, -0.2) is 32.1 Å². The normalized spacial score (nSPS) is 18.0. The Morgan fingerprint density at radius 1 is 1.03 bits per heavy atom. The second kappa shape index (κ2) is 7.13. The molecular weight excluding hydrogens is 364 g/mol. The summed E-state index contributed by atoms with van der Waals surface area (Å²) in [5.41, 5.74) is 5.90. The van der Waals surface area contributed by atoms with Crippen LogP contribution < -0.4 is 0 Å². The van der Waals surface area contributed by atoms with Gasteiger partial charge in [0.2, 0.25) is 0 Å². The van der Waals surface area contributed by atoms with E-state index in [1.807, 2.05) is 48.8 Å². The van der Waals surface area contributed by atoms with Gasteiger partial charge in [-0.1, -0.05) is 54.6 Å². The minimum atomic E-state index is -0.251. The number of nitrogens with zero attached hydrogens (tertiary/aromatic N) is 4. The lowest BCUT2D eigenvalue weighted by Crippen LogP contribution is -2.10. The number of ether oxygens (including phenoxy) is 1. The molecular formula is C23H20N4O2. The van der Waals surface area contributed by atoms with Crippen molar-refractivity contribution in [3.63, 3.8) is 0 Å². The smallest absolute Gasteiger partial charge is 0.302 e. The largest absolute Gasteiger partial charge is 0.465 e. The summed E-state index contributed by atoms with van der Waals surface area (Å²) in [5.74, 6) is -0.0905. The van der Waals surface area contributed by atoms with Gasteiger partial charge in [-0.25, -0.2) is 15.0 Å². The van der Waals surface area contributed by atoms with Gasteiger partial charge in [-0.15, -0.1) is 0 Å². The highest BCUT2D eigenvalue weighted by Crippen LogP contribution is 2.43. The van der Waals surface area contributed by atoms with E-state index in [4.69, 9.17) is 4.74 Å². The molecule has 1 aliphatic rings. The highest BCUT2D eigenvalue weighted by Gasteiger charge is 2.33. The minimum Gasteiger partial charge on any atom is -0.465 e. The van der Waals surface area contributed by atoms with Gasteiger partial charge in [0.05, 0.1) is 19.0 Å². The fraction of sp³-hybridized carbons (Fsp3) is 0.217. The van der Waals surface area contributed by atoms with Crippen LogP contribution in [0.1, 0.15) is 36.4 Å². The lowest BCUT2D eigenvalue weighted by atomic mass is 10.0. The number of benzene rings is 2.